The van der Waals surface area contributed by atoms with Crippen LogP contribution in [0.5, 0.6) is 0 Å². The van der Waals surface area contributed by atoms with Crippen molar-refractivity contribution in [1.82, 2.24) is 0 Å². The van der Waals surface area contributed by atoms with E-state index in [0.29, 0.717) is 12.5 Å². The normalized spacial score (nSPS) is 32.0. The molecule has 3 nitrogen and oxygen atoms in total. The van der Waals surface area contributed by atoms with Crippen molar-refractivity contribution < 1.29 is 14.3 Å². The standard InChI is InChI=1S/C17H22O3/c1-19-17-10-6-5-9-14(17)11-15(17)16(18)20-12-13-7-3-2-4-8-13/h2-4,7-8,14-15H,5-6,9-12H2,1H3/t14-,15-,17+/m0/s1. The van der Waals surface area contributed by atoms with Crippen molar-refractivity contribution in [3.63, 3.8) is 0 Å². The molecule has 0 bridgehead atoms. The van der Waals surface area contributed by atoms with Gasteiger partial charge < -0.3 is 9.47 Å². The van der Waals surface area contributed by atoms with Crippen LogP contribution in [0.3, 0.4) is 0 Å². The summed E-state index contributed by atoms with van der Waals surface area (Å²) in [5, 5.41) is 0. The predicted octanol–water partition coefficient (Wildman–Crippen LogP) is 3.33. The van der Waals surface area contributed by atoms with Crippen LogP contribution in [0.15, 0.2) is 30.3 Å². The highest BCUT2D eigenvalue weighted by Gasteiger charge is 2.59. The number of carbonyl (C=O) groups is 1. The minimum atomic E-state index is -0.230. The summed E-state index contributed by atoms with van der Waals surface area (Å²) in [6.07, 6.45) is 5.55. The second kappa shape index (κ2) is 5.57. The highest BCUT2D eigenvalue weighted by Crippen LogP contribution is 2.55. The molecule has 1 aromatic carbocycles. The van der Waals surface area contributed by atoms with Gasteiger partial charge >= 0.3 is 5.97 Å². The molecule has 3 heteroatoms. The minimum Gasteiger partial charge on any atom is -0.461 e. The highest BCUT2D eigenvalue weighted by atomic mass is 16.5. The van der Waals surface area contributed by atoms with Crippen molar-refractivity contribution in [2.75, 3.05) is 7.11 Å². The number of esters is 1. The van der Waals surface area contributed by atoms with Gasteiger partial charge in [0.2, 0.25) is 0 Å². The number of benzene rings is 1. The van der Waals surface area contributed by atoms with E-state index in [2.05, 4.69) is 0 Å². The van der Waals surface area contributed by atoms with Gasteiger partial charge in [0, 0.05) is 7.11 Å². The Kier molecular flexibility index (Phi) is 3.79. The van der Waals surface area contributed by atoms with Gasteiger partial charge in [-0.05, 0) is 30.7 Å². The van der Waals surface area contributed by atoms with Crippen molar-refractivity contribution in [1.29, 1.82) is 0 Å². The number of methoxy groups -OCH3 is 1. The monoisotopic (exact) mass is 274 g/mol. The maximum atomic E-state index is 12.3. The van der Waals surface area contributed by atoms with E-state index in [4.69, 9.17) is 9.47 Å². The fourth-order valence-corrected chi connectivity index (χ4v) is 3.88. The Morgan fingerprint density at radius 2 is 2.10 bits per heavy atom. The minimum absolute atomic E-state index is 0.0680. The summed E-state index contributed by atoms with van der Waals surface area (Å²) in [5.41, 5.74) is 0.804. The van der Waals surface area contributed by atoms with Crippen LogP contribution in [-0.4, -0.2) is 18.7 Å². The van der Waals surface area contributed by atoms with E-state index in [1.54, 1.807) is 7.11 Å². The fraction of sp³-hybridized carbons (Fsp3) is 0.588. The summed E-state index contributed by atoms with van der Waals surface area (Å²) in [6.45, 7) is 0.362. The third kappa shape index (κ3) is 2.24. The topological polar surface area (TPSA) is 35.5 Å². The molecule has 2 saturated carbocycles. The molecule has 0 amide bonds. The molecular weight excluding hydrogens is 252 g/mol. The largest absolute Gasteiger partial charge is 0.461 e. The van der Waals surface area contributed by atoms with Crippen LogP contribution in [0.2, 0.25) is 0 Å². The Bertz CT molecular complexity index is 470. The van der Waals surface area contributed by atoms with E-state index in [1.165, 1.54) is 12.8 Å². The fourth-order valence-electron chi connectivity index (χ4n) is 3.88. The molecule has 0 saturated heterocycles. The summed E-state index contributed by atoms with van der Waals surface area (Å²) < 4.78 is 11.3. The maximum Gasteiger partial charge on any atom is 0.312 e. The van der Waals surface area contributed by atoms with E-state index < -0.39 is 0 Å². The molecule has 3 rings (SSSR count). The van der Waals surface area contributed by atoms with Crippen LogP contribution in [0.1, 0.15) is 37.7 Å². The number of ether oxygens (including phenoxy) is 2. The molecule has 1 aromatic rings. The van der Waals surface area contributed by atoms with E-state index in [9.17, 15) is 4.79 Å². The Balaban J connectivity index is 1.60. The summed E-state index contributed by atoms with van der Waals surface area (Å²) in [7, 11) is 1.74. The number of hydrogen-bond acceptors (Lipinski definition) is 3. The van der Waals surface area contributed by atoms with E-state index >= 15 is 0 Å². The molecule has 2 aliphatic carbocycles. The summed E-state index contributed by atoms with van der Waals surface area (Å²) in [6, 6.07) is 9.83. The molecular formula is C17H22O3. The zero-order chi connectivity index (χ0) is 14.0. The number of fused-ring (bicyclic) bond motifs is 1. The molecule has 0 heterocycles. The van der Waals surface area contributed by atoms with Crippen LogP contribution in [0, 0.1) is 11.8 Å². The smallest absolute Gasteiger partial charge is 0.312 e. The summed E-state index contributed by atoms with van der Waals surface area (Å²) >= 11 is 0. The van der Waals surface area contributed by atoms with Crippen LogP contribution >= 0.6 is 0 Å². The molecule has 2 aliphatic rings. The third-order valence-corrected chi connectivity index (χ3v) is 5.06. The molecule has 0 radical (unpaired) electrons. The molecule has 0 N–H and O–H groups in total. The molecule has 2 fully saturated rings. The van der Waals surface area contributed by atoms with E-state index in [0.717, 1.165) is 24.8 Å². The van der Waals surface area contributed by atoms with Gasteiger partial charge in [-0.25, -0.2) is 0 Å². The molecule has 0 aromatic heterocycles. The molecule has 0 spiro atoms. The first-order chi connectivity index (χ1) is 9.76. The second-order valence-corrected chi connectivity index (χ2v) is 5.98. The Hall–Kier alpha value is -1.35. The maximum absolute atomic E-state index is 12.3. The number of rotatable bonds is 4. The van der Waals surface area contributed by atoms with Gasteiger partial charge in [0.05, 0.1) is 11.5 Å². The van der Waals surface area contributed by atoms with Crippen LogP contribution < -0.4 is 0 Å². The number of carbonyl (C=O) groups excluding carboxylic acids is 1. The van der Waals surface area contributed by atoms with E-state index in [1.807, 2.05) is 30.3 Å². The molecule has 0 unspecified atom stereocenters. The average molecular weight is 274 g/mol. The van der Waals surface area contributed by atoms with Crippen molar-refractivity contribution in [2.45, 2.75) is 44.3 Å². The second-order valence-electron chi connectivity index (χ2n) is 5.98. The quantitative estimate of drug-likeness (QED) is 0.790. The van der Waals surface area contributed by atoms with Crippen LogP contribution in [0.4, 0.5) is 0 Å². The zero-order valence-corrected chi connectivity index (χ0v) is 12.0. The van der Waals surface area contributed by atoms with Gasteiger partial charge in [0.25, 0.3) is 0 Å². The van der Waals surface area contributed by atoms with Gasteiger partial charge in [0.1, 0.15) is 6.61 Å². The molecule has 20 heavy (non-hydrogen) atoms. The van der Waals surface area contributed by atoms with Crippen molar-refractivity contribution >= 4 is 5.97 Å². The summed E-state index contributed by atoms with van der Waals surface area (Å²) in [4.78, 5) is 12.3. The first-order valence-electron chi connectivity index (χ1n) is 7.52. The lowest BCUT2D eigenvalue weighted by atomic mass is 9.55. The molecule has 0 aliphatic heterocycles. The average Bonchev–Trinajstić information content (AvgIpc) is 2.48. The molecule has 3 atom stereocenters. The Labute approximate surface area is 120 Å². The van der Waals surface area contributed by atoms with E-state index in [-0.39, 0.29) is 17.5 Å². The highest BCUT2D eigenvalue weighted by molar-refractivity contribution is 5.75. The van der Waals surface area contributed by atoms with Gasteiger partial charge in [-0.3, -0.25) is 4.79 Å². The predicted molar refractivity (Wildman–Crippen MR) is 76.0 cm³/mol. The summed E-state index contributed by atoms with van der Waals surface area (Å²) in [5.74, 6) is 0.394. The van der Waals surface area contributed by atoms with Gasteiger partial charge in [0.15, 0.2) is 0 Å². The van der Waals surface area contributed by atoms with Crippen LogP contribution in [-0.2, 0) is 20.9 Å². The van der Waals surface area contributed by atoms with Crippen LogP contribution in [0.25, 0.3) is 0 Å². The lowest BCUT2D eigenvalue weighted by molar-refractivity contribution is -0.212. The van der Waals surface area contributed by atoms with Gasteiger partial charge in [-0.15, -0.1) is 0 Å². The lowest BCUT2D eigenvalue weighted by Crippen LogP contribution is -2.61. The first kappa shape index (κ1) is 13.6. The SMILES string of the molecule is CO[C@]12CCCC[C@H]1C[C@H]2C(=O)OCc1ccccc1. The molecule has 108 valence electrons. The van der Waals surface area contributed by atoms with Crippen molar-refractivity contribution in [2.24, 2.45) is 11.8 Å². The first-order valence-corrected chi connectivity index (χ1v) is 7.52. The van der Waals surface area contributed by atoms with Crippen molar-refractivity contribution in [3.8, 4) is 0 Å². The van der Waals surface area contributed by atoms with Gasteiger partial charge in [-0.1, -0.05) is 43.2 Å². The Morgan fingerprint density at radius 3 is 2.80 bits per heavy atom. The van der Waals surface area contributed by atoms with Gasteiger partial charge in [-0.2, -0.15) is 0 Å². The number of hydrogen-bond donors (Lipinski definition) is 0. The van der Waals surface area contributed by atoms with Crippen molar-refractivity contribution in [3.05, 3.63) is 35.9 Å². The lowest BCUT2D eigenvalue weighted by Gasteiger charge is -2.56. The third-order valence-electron chi connectivity index (χ3n) is 5.06. The Morgan fingerprint density at radius 1 is 1.30 bits per heavy atom. The zero-order valence-electron chi connectivity index (χ0n) is 12.0.